The largest absolute Gasteiger partial charge is 0.353 e. The topological polar surface area (TPSA) is 85.8 Å². The van der Waals surface area contributed by atoms with Gasteiger partial charge in [0.1, 0.15) is 29.0 Å². The van der Waals surface area contributed by atoms with E-state index in [-0.39, 0.29) is 41.3 Å². The van der Waals surface area contributed by atoms with Crippen molar-refractivity contribution in [2.45, 2.75) is 0 Å². The van der Waals surface area contributed by atoms with Crippen LogP contribution in [0.25, 0.3) is 28.0 Å². The highest BCUT2D eigenvalue weighted by atomic mass is 19.1. The molecule has 4 rings (SSSR count). The quantitative estimate of drug-likeness (QED) is 0.475. The number of para-hydroxylation sites is 1. The maximum Gasteiger partial charge on any atom is 0.256 e. The summed E-state index contributed by atoms with van der Waals surface area (Å²) in [5.74, 6) is -3.71. The fraction of sp³-hybridized carbons (Fsp3) is 0.0952. The molecule has 2 heterocycles. The fourth-order valence-electron chi connectivity index (χ4n) is 3.18. The van der Waals surface area contributed by atoms with Gasteiger partial charge in [-0.3, -0.25) is 9.36 Å². The lowest BCUT2D eigenvalue weighted by atomic mass is 10.1. The molecule has 0 radical (unpaired) electrons. The molecule has 4 aromatic rings. The molecule has 6 nitrogen and oxygen atoms in total. The zero-order valence-electron chi connectivity index (χ0n) is 15.9. The minimum absolute atomic E-state index is 0.00696. The number of nitrogens with zero attached hydrogens (tertiary/aromatic N) is 3. The molecule has 0 saturated carbocycles. The van der Waals surface area contributed by atoms with Gasteiger partial charge in [-0.05, 0) is 30.3 Å². The summed E-state index contributed by atoms with van der Waals surface area (Å²) in [6, 6.07) is 8.45. The summed E-state index contributed by atoms with van der Waals surface area (Å²) in [5, 5.41) is 2.94. The third kappa shape index (κ3) is 3.73. The third-order valence-corrected chi connectivity index (χ3v) is 4.53. The monoisotopic (exact) mass is 429 g/mol. The van der Waals surface area contributed by atoms with Gasteiger partial charge in [0.25, 0.3) is 5.56 Å². The molecule has 3 N–H and O–H groups in total. The number of hydrogen-bond donors (Lipinski definition) is 2. The average molecular weight is 429 g/mol. The second-order valence-electron chi connectivity index (χ2n) is 6.55. The number of hydrogen-bond acceptors (Lipinski definition) is 5. The molecule has 0 bridgehead atoms. The molecule has 2 aromatic heterocycles. The SMILES string of the molecule is NCCNc1nc(-c2ccc(F)cc2F)c2ccc(=O)n(-c3c(F)cccc3F)c2n1. The predicted molar refractivity (Wildman–Crippen MR) is 108 cm³/mol. The van der Waals surface area contributed by atoms with Crippen molar-refractivity contribution in [2.75, 3.05) is 18.4 Å². The number of anilines is 1. The molecule has 2 aromatic carbocycles. The molecule has 0 amide bonds. The molecule has 10 heteroatoms. The van der Waals surface area contributed by atoms with Gasteiger partial charge >= 0.3 is 0 Å². The third-order valence-electron chi connectivity index (χ3n) is 4.53. The Balaban J connectivity index is 2.11. The Morgan fingerprint density at radius 3 is 2.35 bits per heavy atom. The Kier molecular flexibility index (Phi) is 5.38. The summed E-state index contributed by atoms with van der Waals surface area (Å²) >= 11 is 0. The molecule has 0 aliphatic rings. The number of rotatable bonds is 5. The first-order valence-corrected chi connectivity index (χ1v) is 9.18. The highest BCUT2D eigenvalue weighted by Gasteiger charge is 2.20. The molecule has 31 heavy (non-hydrogen) atoms. The number of nitrogens with one attached hydrogen (secondary N) is 1. The lowest BCUT2D eigenvalue weighted by molar-refractivity contribution is 0.568. The van der Waals surface area contributed by atoms with Crippen LogP contribution in [0.5, 0.6) is 0 Å². The van der Waals surface area contributed by atoms with Crippen LogP contribution in [0.3, 0.4) is 0 Å². The molecule has 158 valence electrons. The van der Waals surface area contributed by atoms with E-state index < -0.39 is 34.5 Å². The van der Waals surface area contributed by atoms with Gasteiger partial charge < -0.3 is 11.1 Å². The Hall–Kier alpha value is -3.79. The summed E-state index contributed by atoms with van der Waals surface area (Å²) in [6.07, 6.45) is 0. The summed E-state index contributed by atoms with van der Waals surface area (Å²) in [7, 11) is 0. The fourth-order valence-corrected chi connectivity index (χ4v) is 3.18. The van der Waals surface area contributed by atoms with Crippen molar-refractivity contribution in [2.24, 2.45) is 5.73 Å². The molecule has 0 atom stereocenters. The van der Waals surface area contributed by atoms with Gasteiger partial charge in [-0.2, -0.15) is 4.98 Å². The van der Waals surface area contributed by atoms with E-state index in [9.17, 15) is 22.4 Å². The Bertz CT molecular complexity index is 1340. The molecule has 0 saturated heterocycles. The summed E-state index contributed by atoms with van der Waals surface area (Å²) < 4.78 is 57.7. The minimum atomic E-state index is -0.987. The van der Waals surface area contributed by atoms with Crippen LogP contribution < -0.4 is 16.6 Å². The van der Waals surface area contributed by atoms with Crippen LogP contribution >= 0.6 is 0 Å². The van der Waals surface area contributed by atoms with Crippen LogP contribution in [0, 0.1) is 23.3 Å². The second kappa shape index (κ2) is 8.15. The van der Waals surface area contributed by atoms with Crippen molar-refractivity contribution in [3.8, 4) is 16.9 Å². The van der Waals surface area contributed by atoms with Crippen LogP contribution in [-0.4, -0.2) is 27.6 Å². The Morgan fingerprint density at radius 1 is 0.935 bits per heavy atom. The Labute approximate surface area is 173 Å². The van der Waals surface area contributed by atoms with E-state index in [1.54, 1.807) is 0 Å². The van der Waals surface area contributed by atoms with Crippen LogP contribution in [0.4, 0.5) is 23.5 Å². The van der Waals surface area contributed by atoms with Gasteiger partial charge in [-0.15, -0.1) is 0 Å². The van der Waals surface area contributed by atoms with Crippen molar-refractivity contribution in [3.63, 3.8) is 0 Å². The van der Waals surface area contributed by atoms with Crippen molar-refractivity contribution in [1.29, 1.82) is 0 Å². The standard InChI is InChI=1S/C21H15F4N5O/c22-11-4-5-12(16(25)10-11)18-13-6-7-17(31)30(19-14(23)2-1-3-15(19)24)20(13)29-21(28-18)27-9-8-26/h1-7,10H,8-9,26H2,(H,27,28,29). The first-order chi connectivity index (χ1) is 14.9. The van der Waals surface area contributed by atoms with E-state index >= 15 is 0 Å². The van der Waals surface area contributed by atoms with E-state index in [2.05, 4.69) is 15.3 Å². The number of fused-ring (bicyclic) bond motifs is 1. The Morgan fingerprint density at radius 2 is 1.68 bits per heavy atom. The van der Waals surface area contributed by atoms with E-state index in [0.29, 0.717) is 6.07 Å². The second-order valence-corrected chi connectivity index (χ2v) is 6.55. The van der Waals surface area contributed by atoms with Crippen LogP contribution in [0.2, 0.25) is 0 Å². The van der Waals surface area contributed by atoms with Crippen LogP contribution in [0.15, 0.2) is 53.3 Å². The van der Waals surface area contributed by atoms with Gasteiger partial charge in [-0.25, -0.2) is 22.5 Å². The number of nitrogens with two attached hydrogens (primary N) is 1. The molecule has 0 spiro atoms. The van der Waals surface area contributed by atoms with Gasteiger partial charge in [0, 0.05) is 36.2 Å². The van der Waals surface area contributed by atoms with Crippen molar-refractivity contribution < 1.29 is 17.6 Å². The summed E-state index contributed by atoms with van der Waals surface area (Å²) in [5.41, 5.74) is 3.86. The molecule has 0 unspecified atom stereocenters. The van der Waals surface area contributed by atoms with Crippen molar-refractivity contribution in [3.05, 3.63) is 82.2 Å². The highest BCUT2D eigenvalue weighted by molar-refractivity contribution is 5.92. The maximum atomic E-state index is 14.5. The van der Waals surface area contributed by atoms with E-state index in [4.69, 9.17) is 5.73 Å². The normalized spacial score (nSPS) is 11.1. The van der Waals surface area contributed by atoms with Gasteiger partial charge in [0.2, 0.25) is 5.95 Å². The minimum Gasteiger partial charge on any atom is -0.353 e. The van der Waals surface area contributed by atoms with E-state index in [1.807, 2.05) is 0 Å². The maximum absolute atomic E-state index is 14.5. The molecular formula is C21H15F4N5O. The highest BCUT2D eigenvalue weighted by Crippen LogP contribution is 2.30. The molecule has 0 aliphatic heterocycles. The summed E-state index contributed by atoms with van der Waals surface area (Å²) in [6.45, 7) is 0.452. The lowest BCUT2D eigenvalue weighted by Crippen LogP contribution is -2.22. The first kappa shape index (κ1) is 20.5. The lowest BCUT2D eigenvalue weighted by Gasteiger charge is -2.15. The number of halogens is 4. The average Bonchev–Trinajstić information content (AvgIpc) is 2.73. The molecule has 0 aliphatic carbocycles. The number of aromatic nitrogens is 3. The van der Waals surface area contributed by atoms with E-state index in [1.165, 1.54) is 12.1 Å². The number of pyridine rings is 1. The molecular weight excluding hydrogens is 414 g/mol. The summed E-state index contributed by atoms with van der Waals surface area (Å²) in [4.78, 5) is 21.1. The molecule has 0 fully saturated rings. The van der Waals surface area contributed by atoms with Gasteiger partial charge in [0.15, 0.2) is 5.65 Å². The van der Waals surface area contributed by atoms with Crippen LogP contribution in [0.1, 0.15) is 0 Å². The van der Waals surface area contributed by atoms with Gasteiger partial charge in [0.05, 0.1) is 5.69 Å². The van der Waals surface area contributed by atoms with E-state index in [0.717, 1.165) is 34.9 Å². The van der Waals surface area contributed by atoms with Crippen LogP contribution in [-0.2, 0) is 0 Å². The smallest absolute Gasteiger partial charge is 0.256 e. The first-order valence-electron chi connectivity index (χ1n) is 9.18. The zero-order chi connectivity index (χ0) is 22.1. The van der Waals surface area contributed by atoms with Gasteiger partial charge in [-0.1, -0.05) is 6.07 Å². The van der Waals surface area contributed by atoms with Crippen molar-refractivity contribution in [1.82, 2.24) is 14.5 Å². The number of benzene rings is 2. The predicted octanol–water partition coefficient (Wildman–Crippen LogP) is 3.37. The van der Waals surface area contributed by atoms with Crippen molar-refractivity contribution >= 4 is 17.0 Å². The zero-order valence-corrected chi connectivity index (χ0v) is 15.9.